The summed E-state index contributed by atoms with van der Waals surface area (Å²) < 4.78 is 68.4. The number of rotatable bonds is 76. The number of aliphatic hydroxyl groups is 1. The minimum Gasteiger partial charge on any atom is -0.462 e. The topological polar surface area (TPSA) is 237 Å². The number of hydrogen-bond acceptors (Lipinski definition) is 15. The van der Waals surface area contributed by atoms with Crippen LogP contribution >= 0.6 is 15.6 Å². The van der Waals surface area contributed by atoms with Gasteiger partial charge in [-0.3, -0.25) is 37.3 Å². The average molecular weight is 1410 g/mol. The van der Waals surface area contributed by atoms with E-state index in [1.54, 1.807) is 0 Å². The molecule has 3 unspecified atom stereocenters. The number of esters is 4. The second-order valence-electron chi connectivity index (χ2n) is 28.5. The van der Waals surface area contributed by atoms with Crippen LogP contribution in [0.15, 0.2) is 0 Å². The predicted octanol–water partition coefficient (Wildman–Crippen LogP) is 22.7. The van der Waals surface area contributed by atoms with Crippen molar-refractivity contribution in [3.05, 3.63) is 0 Å². The molecule has 0 rings (SSSR count). The average Bonchev–Trinajstić information content (AvgIpc) is 1.12. The van der Waals surface area contributed by atoms with E-state index in [0.29, 0.717) is 25.7 Å². The number of phosphoric acid groups is 2. The van der Waals surface area contributed by atoms with Gasteiger partial charge in [-0.15, -0.1) is 0 Å². The Bertz CT molecular complexity index is 1860. The van der Waals surface area contributed by atoms with Crippen molar-refractivity contribution < 1.29 is 80.2 Å². The number of carbonyl (C=O) groups is 4. The first-order valence-corrected chi connectivity index (χ1v) is 43.0. The monoisotopic (exact) mass is 1410 g/mol. The van der Waals surface area contributed by atoms with Crippen molar-refractivity contribution in [1.82, 2.24) is 0 Å². The molecule has 0 bridgehead atoms. The molecule has 0 aliphatic rings. The van der Waals surface area contributed by atoms with Crippen molar-refractivity contribution in [2.24, 2.45) is 11.8 Å². The van der Waals surface area contributed by atoms with Crippen LogP contribution in [0.2, 0.25) is 0 Å². The Hall–Kier alpha value is -1.94. The Morgan fingerprint density at radius 3 is 0.792 bits per heavy atom. The van der Waals surface area contributed by atoms with Gasteiger partial charge in [0.2, 0.25) is 0 Å². The molecule has 0 aromatic heterocycles. The van der Waals surface area contributed by atoms with Crippen molar-refractivity contribution >= 4 is 39.5 Å². The Balaban J connectivity index is 5.15. The van der Waals surface area contributed by atoms with Gasteiger partial charge < -0.3 is 33.8 Å². The van der Waals surface area contributed by atoms with Crippen molar-refractivity contribution in [2.75, 3.05) is 39.6 Å². The molecule has 0 saturated carbocycles. The lowest BCUT2D eigenvalue weighted by Crippen LogP contribution is -2.30. The van der Waals surface area contributed by atoms with E-state index in [4.69, 9.17) is 37.0 Å². The molecule has 0 aromatic rings. The van der Waals surface area contributed by atoms with Gasteiger partial charge in [-0.25, -0.2) is 9.13 Å². The van der Waals surface area contributed by atoms with Crippen molar-refractivity contribution in [2.45, 2.75) is 419 Å². The lowest BCUT2D eigenvalue weighted by atomic mass is 9.99. The van der Waals surface area contributed by atoms with Crippen molar-refractivity contribution in [1.29, 1.82) is 0 Å². The van der Waals surface area contributed by atoms with Crippen molar-refractivity contribution in [3.63, 3.8) is 0 Å². The maximum absolute atomic E-state index is 13.1. The molecular formula is C77H150O17P2. The number of phosphoric ester groups is 2. The smallest absolute Gasteiger partial charge is 0.462 e. The zero-order valence-corrected chi connectivity index (χ0v) is 64.5. The van der Waals surface area contributed by atoms with Crippen LogP contribution in [0.4, 0.5) is 0 Å². The normalized spacial score (nSPS) is 14.3. The molecule has 19 heteroatoms. The quantitative estimate of drug-likeness (QED) is 0.0222. The second-order valence-corrected chi connectivity index (χ2v) is 31.4. The van der Waals surface area contributed by atoms with Gasteiger partial charge >= 0.3 is 39.5 Å². The molecule has 0 fully saturated rings. The number of unbranched alkanes of at least 4 members (excludes halogenated alkanes) is 45. The highest BCUT2D eigenvalue weighted by Gasteiger charge is 2.30. The number of hydrogen-bond donors (Lipinski definition) is 3. The van der Waals surface area contributed by atoms with Crippen LogP contribution in [0.5, 0.6) is 0 Å². The van der Waals surface area contributed by atoms with Gasteiger partial charge in [-0.05, 0) is 37.5 Å². The Morgan fingerprint density at radius 1 is 0.302 bits per heavy atom. The summed E-state index contributed by atoms with van der Waals surface area (Å²) in [6, 6.07) is 0. The Morgan fingerprint density at radius 2 is 0.531 bits per heavy atom. The molecule has 0 aliphatic heterocycles. The molecule has 96 heavy (non-hydrogen) atoms. The molecule has 570 valence electrons. The molecule has 17 nitrogen and oxygen atoms in total. The van der Waals surface area contributed by atoms with Crippen LogP contribution < -0.4 is 0 Å². The molecular weight excluding hydrogens is 1260 g/mol. The minimum atomic E-state index is -4.96. The van der Waals surface area contributed by atoms with Crippen LogP contribution in [0, 0.1) is 11.8 Å². The van der Waals surface area contributed by atoms with E-state index in [9.17, 15) is 43.2 Å². The standard InChI is InChI=1S/C77H150O17P2/c1-7-10-12-14-16-17-36-43-49-55-61-76(81)93-72(65-87-74(79)59-53-47-39-15-13-11-8-2)67-91-95(83,84)89-63-71(78)64-90-96(85,86)92-68-73(66-88-75(80)60-54-48-42-37-32-28-25-24-26-30-34-40-45-51-57-69(4)5)94-77(82)62-56-50-44-38-33-29-23-21-19-18-20-22-27-31-35-41-46-52-58-70(6)9-3/h69-73,78H,7-68H2,1-6H3,(H,83,84)(H,85,86)/t70?,71-,72+,73+/m0/s1. The summed E-state index contributed by atoms with van der Waals surface area (Å²) in [7, 11) is -9.90. The van der Waals surface area contributed by atoms with Gasteiger partial charge in [-0.1, -0.05) is 350 Å². The van der Waals surface area contributed by atoms with E-state index in [2.05, 4.69) is 41.5 Å². The van der Waals surface area contributed by atoms with E-state index in [-0.39, 0.29) is 25.7 Å². The third-order valence-corrected chi connectivity index (χ3v) is 20.2. The summed E-state index contributed by atoms with van der Waals surface area (Å²) in [4.78, 5) is 72.6. The van der Waals surface area contributed by atoms with Crippen molar-refractivity contribution in [3.8, 4) is 0 Å². The van der Waals surface area contributed by atoms with Gasteiger partial charge in [0.05, 0.1) is 26.4 Å². The fourth-order valence-corrected chi connectivity index (χ4v) is 13.4. The highest BCUT2D eigenvalue weighted by molar-refractivity contribution is 7.47. The molecule has 3 N–H and O–H groups in total. The summed E-state index contributed by atoms with van der Waals surface area (Å²) in [5.74, 6) is -0.450. The molecule has 0 aromatic carbocycles. The summed E-state index contributed by atoms with van der Waals surface area (Å²) in [5.41, 5.74) is 0. The molecule has 0 heterocycles. The first kappa shape index (κ1) is 94.1. The molecule has 6 atom stereocenters. The van der Waals surface area contributed by atoms with E-state index >= 15 is 0 Å². The van der Waals surface area contributed by atoms with Gasteiger partial charge in [-0.2, -0.15) is 0 Å². The van der Waals surface area contributed by atoms with E-state index < -0.39 is 97.5 Å². The third-order valence-electron chi connectivity index (χ3n) is 18.3. The zero-order chi connectivity index (χ0) is 70.7. The molecule has 0 radical (unpaired) electrons. The first-order valence-electron chi connectivity index (χ1n) is 40.0. The Kier molecular flexibility index (Phi) is 67.4. The molecule has 0 aliphatic carbocycles. The number of aliphatic hydroxyl groups excluding tert-OH is 1. The maximum atomic E-state index is 13.1. The van der Waals surface area contributed by atoms with Gasteiger partial charge in [0, 0.05) is 25.7 Å². The van der Waals surface area contributed by atoms with Gasteiger partial charge in [0.25, 0.3) is 0 Å². The highest BCUT2D eigenvalue weighted by Crippen LogP contribution is 2.45. The fourth-order valence-electron chi connectivity index (χ4n) is 11.8. The fraction of sp³-hybridized carbons (Fsp3) is 0.948. The number of ether oxygens (including phenoxy) is 4. The van der Waals surface area contributed by atoms with E-state index in [1.807, 2.05) is 0 Å². The zero-order valence-electron chi connectivity index (χ0n) is 62.7. The lowest BCUT2D eigenvalue weighted by molar-refractivity contribution is -0.161. The van der Waals surface area contributed by atoms with Gasteiger partial charge in [0.15, 0.2) is 12.2 Å². The summed E-state index contributed by atoms with van der Waals surface area (Å²) in [5, 5.41) is 10.6. The third kappa shape index (κ3) is 69.2. The lowest BCUT2D eigenvalue weighted by Gasteiger charge is -2.21. The van der Waals surface area contributed by atoms with Crippen LogP contribution in [0.3, 0.4) is 0 Å². The van der Waals surface area contributed by atoms with Crippen LogP contribution in [-0.2, 0) is 65.4 Å². The summed E-state index contributed by atoms with van der Waals surface area (Å²) in [6.45, 7) is 9.64. The predicted molar refractivity (Wildman–Crippen MR) is 391 cm³/mol. The number of carbonyl (C=O) groups excluding carboxylic acids is 4. The van der Waals surface area contributed by atoms with Gasteiger partial charge in [0.1, 0.15) is 19.3 Å². The van der Waals surface area contributed by atoms with E-state index in [0.717, 1.165) is 115 Å². The minimum absolute atomic E-state index is 0.106. The maximum Gasteiger partial charge on any atom is 0.472 e. The highest BCUT2D eigenvalue weighted by atomic mass is 31.2. The second kappa shape index (κ2) is 68.8. The van der Waals surface area contributed by atoms with E-state index in [1.165, 1.54) is 205 Å². The Labute approximate surface area is 588 Å². The summed E-state index contributed by atoms with van der Waals surface area (Å²) >= 11 is 0. The molecule has 0 spiro atoms. The largest absolute Gasteiger partial charge is 0.472 e. The molecule has 0 saturated heterocycles. The molecule has 0 amide bonds. The van der Waals surface area contributed by atoms with Crippen LogP contribution in [0.25, 0.3) is 0 Å². The van der Waals surface area contributed by atoms with Crippen LogP contribution in [-0.4, -0.2) is 96.7 Å². The van der Waals surface area contributed by atoms with Crippen LogP contribution in [0.1, 0.15) is 401 Å². The first-order chi connectivity index (χ1) is 46.4. The summed E-state index contributed by atoms with van der Waals surface area (Å²) in [6.07, 6.45) is 57.1. The SMILES string of the molecule is CCCCCCCCCCCCC(=O)O[C@H](COC(=O)CCCCCCCCC)COP(=O)(O)OC[C@H](O)COP(=O)(O)OC[C@@H](COC(=O)CCCCCCCCCCCCCCCCC(C)C)OC(=O)CCCCCCCCCCCCCCCCCCCCC(C)CC.